The van der Waals surface area contributed by atoms with Gasteiger partial charge in [0.1, 0.15) is 18.1 Å². The number of esters is 1. The number of thiocarbonyl (C=S) groups is 1. The van der Waals surface area contributed by atoms with Gasteiger partial charge in [0, 0.05) is 33.4 Å². The standard InChI is InChI=1S/C30H28BrN5O7S/c1-3-41-29(38)27-18(2)33-30(44)34-28(27)23-6-4-5-7-25(23)43-17-26(37)35-32-15-20-14-21(31)10-13-24(20)42-16-19-8-11-22(12-9-19)36(39)40/h4-15,28H,3,16-17H2,1-2H3,(H,35,37)(H2,33,34,44)/t28-/m1/s1. The van der Waals surface area contributed by atoms with E-state index in [1.54, 1.807) is 68.4 Å². The Kier molecular flexibility index (Phi) is 11.0. The molecule has 3 N–H and O–H groups in total. The highest BCUT2D eigenvalue weighted by Gasteiger charge is 2.32. The van der Waals surface area contributed by atoms with Gasteiger partial charge in [0.15, 0.2) is 11.7 Å². The molecule has 3 aromatic carbocycles. The third kappa shape index (κ3) is 8.39. The number of ether oxygens (including phenoxy) is 3. The molecule has 0 aliphatic carbocycles. The van der Waals surface area contributed by atoms with E-state index in [9.17, 15) is 19.7 Å². The number of rotatable bonds is 12. The van der Waals surface area contributed by atoms with Gasteiger partial charge in [-0.15, -0.1) is 0 Å². The van der Waals surface area contributed by atoms with Gasteiger partial charge in [0.25, 0.3) is 11.6 Å². The molecule has 44 heavy (non-hydrogen) atoms. The maximum Gasteiger partial charge on any atom is 0.338 e. The van der Waals surface area contributed by atoms with Crippen molar-refractivity contribution in [3.8, 4) is 11.5 Å². The van der Waals surface area contributed by atoms with Crippen molar-refractivity contribution >= 4 is 57.0 Å². The van der Waals surface area contributed by atoms with Crippen LogP contribution < -0.4 is 25.5 Å². The van der Waals surface area contributed by atoms with Crippen molar-refractivity contribution in [1.82, 2.24) is 16.1 Å². The average Bonchev–Trinajstić information content (AvgIpc) is 2.99. The monoisotopic (exact) mass is 681 g/mol. The summed E-state index contributed by atoms with van der Waals surface area (Å²) in [4.78, 5) is 35.8. The van der Waals surface area contributed by atoms with Crippen LogP contribution in [0.5, 0.6) is 11.5 Å². The Morgan fingerprint density at radius 1 is 1.11 bits per heavy atom. The fourth-order valence-corrected chi connectivity index (χ4v) is 4.88. The number of benzene rings is 3. The van der Waals surface area contributed by atoms with E-state index in [2.05, 4.69) is 37.1 Å². The highest BCUT2D eigenvalue weighted by molar-refractivity contribution is 9.10. The van der Waals surface area contributed by atoms with Crippen LogP contribution in [0.2, 0.25) is 0 Å². The van der Waals surface area contributed by atoms with Gasteiger partial charge in [0.05, 0.1) is 29.4 Å². The molecule has 1 amide bonds. The van der Waals surface area contributed by atoms with Gasteiger partial charge in [0.2, 0.25) is 0 Å². The fourth-order valence-electron chi connectivity index (χ4n) is 4.23. The van der Waals surface area contributed by atoms with Crippen molar-refractivity contribution in [2.24, 2.45) is 5.10 Å². The number of carbonyl (C=O) groups excluding carboxylic acids is 2. The molecule has 0 radical (unpaired) electrons. The number of non-ortho nitro benzene ring substituents is 1. The highest BCUT2D eigenvalue weighted by Crippen LogP contribution is 2.33. The Balaban J connectivity index is 1.40. The number of hydrogen-bond acceptors (Lipinski definition) is 9. The number of halogens is 1. The second-order valence-electron chi connectivity index (χ2n) is 9.30. The Morgan fingerprint density at radius 3 is 2.59 bits per heavy atom. The molecule has 0 aromatic heterocycles. The number of nitro benzene ring substituents is 1. The number of nitro groups is 1. The largest absolute Gasteiger partial charge is 0.488 e. The van der Waals surface area contributed by atoms with E-state index >= 15 is 0 Å². The molecule has 14 heteroatoms. The molecule has 3 aromatic rings. The predicted octanol–water partition coefficient (Wildman–Crippen LogP) is 4.82. The minimum Gasteiger partial charge on any atom is -0.488 e. The number of amides is 1. The van der Waals surface area contributed by atoms with Crippen LogP contribution in [0.15, 0.2) is 87.6 Å². The predicted molar refractivity (Wildman–Crippen MR) is 170 cm³/mol. The summed E-state index contributed by atoms with van der Waals surface area (Å²) in [6.45, 7) is 3.48. The van der Waals surface area contributed by atoms with Crippen molar-refractivity contribution in [3.63, 3.8) is 0 Å². The molecule has 0 bridgehead atoms. The number of nitrogens with zero attached hydrogens (tertiary/aromatic N) is 2. The van der Waals surface area contributed by atoms with Crippen LogP contribution in [0, 0.1) is 10.1 Å². The zero-order chi connectivity index (χ0) is 31.6. The maximum atomic E-state index is 12.7. The zero-order valence-corrected chi connectivity index (χ0v) is 26.1. The van der Waals surface area contributed by atoms with Crippen LogP contribution in [-0.2, 0) is 20.9 Å². The third-order valence-corrected chi connectivity index (χ3v) is 6.97. The molecular weight excluding hydrogens is 654 g/mol. The molecule has 0 unspecified atom stereocenters. The number of carbonyl (C=O) groups is 2. The van der Waals surface area contributed by atoms with E-state index < -0.39 is 22.8 Å². The highest BCUT2D eigenvalue weighted by atomic mass is 79.9. The van der Waals surface area contributed by atoms with Crippen LogP contribution >= 0.6 is 28.1 Å². The summed E-state index contributed by atoms with van der Waals surface area (Å²) in [5, 5.41) is 21.3. The molecule has 1 aliphatic rings. The molecular formula is C30H28BrN5O7S. The first kappa shape index (κ1) is 32.1. The van der Waals surface area contributed by atoms with E-state index in [4.69, 9.17) is 26.4 Å². The summed E-state index contributed by atoms with van der Waals surface area (Å²) in [5.41, 5.74) is 5.26. The lowest BCUT2D eigenvalue weighted by Crippen LogP contribution is -2.45. The topological polar surface area (TPSA) is 153 Å². The number of hydrazone groups is 1. The average molecular weight is 683 g/mol. The smallest absolute Gasteiger partial charge is 0.338 e. The van der Waals surface area contributed by atoms with Crippen molar-refractivity contribution in [3.05, 3.63) is 109 Å². The van der Waals surface area contributed by atoms with E-state index in [-0.39, 0.29) is 25.5 Å². The molecule has 1 heterocycles. The zero-order valence-electron chi connectivity index (χ0n) is 23.7. The van der Waals surface area contributed by atoms with Gasteiger partial charge in [-0.3, -0.25) is 14.9 Å². The number of hydrogen-bond donors (Lipinski definition) is 3. The SMILES string of the molecule is CCOC(=O)C1=C(C)NC(=S)N[C@@H]1c1ccccc1OCC(=O)NN=Cc1cc(Br)ccc1OCc1ccc([N+](=O)[O-])cc1. The Morgan fingerprint density at radius 2 is 1.86 bits per heavy atom. The van der Waals surface area contributed by atoms with E-state index in [1.165, 1.54) is 18.3 Å². The summed E-state index contributed by atoms with van der Waals surface area (Å²) in [6, 6.07) is 17.7. The number of allylic oxidation sites excluding steroid dienone is 1. The first-order valence-electron chi connectivity index (χ1n) is 13.3. The lowest BCUT2D eigenvalue weighted by atomic mass is 9.95. The molecule has 12 nitrogen and oxygen atoms in total. The first-order valence-corrected chi connectivity index (χ1v) is 14.5. The van der Waals surface area contributed by atoms with Gasteiger partial charge < -0.3 is 24.8 Å². The molecule has 0 fully saturated rings. The molecule has 228 valence electrons. The molecule has 0 spiro atoms. The fraction of sp³-hybridized carbons (Fsp3) is 0.200. The Labute approximate surface area is 266 Å². The lowest BCUT2D eigenvalue weighted by molar-refractivity contribution is -0.384. The summed E-state index contributed by atoms with van der Waals surface area (Å²) < 4.78 is 17.7. The molecule has 0 saturated heterocycles. The first-order chi connectivity index (χ1) is 21.2. The quantitative estimate of drug-likeness (QED) is 0.0797. The number of para-hydroxylation sites is 1. The van der Waals surface area contributed by atoms with Crippen LogP contribution in [-0.4, -0.2) is 41.3 Å². The van der Waals surface area contributed by atoms with Crippen LogP contribution in [0.1, 0.15) is 36.6 Å². The molecule has 1 atom stereocenters. The van der Waals surface area contributed by atoms with Crippen molar-refractivity contribution in [1.29, 1.82) is 0 Å². The minimum absolute atomic E-state index is 0.00571. The van der Waals surface area contributed by atoms with Crippen molar-refractivity contribution in [2.75, 3.05) is 13.2 Å². The van der Waals surface area contributed by atoms with Crippen molar-refractivity contribution < 1.29 is 28.7 Å². The number of nitrogens with one attached hydrogen (secondary N) is 3. The summed E-state index contributed by atoms with van der Waals surface area (Å²) >= 11 is 8.73. The van der Waals surface area contributed by atoms with E-state index in [0.717, 1.165) is 10.0 Å². The Hall–Kier alpha value is -4.82. The van der Waals surface area contributed by atoms with E-state index in [1.807, 2.05) is 0 Å². The second-order valence-corrected chi connectivity index (χ2v) is 10.6. The summed E-state index contributed by atoms with van der Waals surface area (Å²) in [6.07, 6.45) is 1.43. The van der Waals surface area contributed by atoms with Crippen LogP contribution in [0.25, 0.3) is 0 Å². The van der Waals surface area contributed by atoms with E-state index in [0.29, 0.717) is 39.0 Å². The maximum absolute atomic E-state index is 12.7. The van der Waals surface area contributed by atoms with Gasteiger partial charge in [-0.2, -0.15) is 5.10 Å². The summed E-state index contributed by atoms with van der Waals surface area (Å²) in [5.74, 6) is -0.159. The van der Waals surface area contributed by atoms with Crippen LogP contribution in [0.3, 0.4) is 0 Å². The summed E-state index contributed by atoms with van der Waals surface area (Å²) in [7, 11) is 0. The molecule has 4 rings (SSSR count). The van der Waals surface area contributed by atoms with Gasteiger partial charge in [-0.1, -0.05) is 34.1 Å². The third-order valence-electron chi connectivity index (χ3n) is 6.26. The van der Waals surface area contributed by atoms with Gasteiger partial charge in [-0.05, 0) is 68.0 Å². The Bertz CT molecular complexity index is 1630. The van der Waals surface area contributed by atoms with Gasteiger partial charge in [-0.25, -0.2) is 10.2 Å². The van der Waals surface area contributed by atoms with Crippen LogP contribution in [0.4, 0.5) is 5.69 Å². The normalized spacial score (nSPS) is 14.4. The second kappa shape index (κ2) is 15.1. The van der Waals surface area contributed by atoms with Crippen molar-refractivity contribution in [2.45, 2.75) is 26.5 Å². The van der Waals surface area contributed by atoms with Gasteiger partial charge >= 0.3 is 5.97 Å². The molecule has 0 saturated carbocycles. The minimum atomic E-state index is -0.652. The lowest BCUT2D eigenvalue weighted by Gasteiger charge is -2.30. The molecule has 1 aliphatic heterocycles.